The molecule has 0 saturated carbocycles. The first-order chi connectivity index (χ1) is 7.71. The summed E-state index contributed by atoms with van der Waals surface area (Å²) >= 11 is 0. The molecule has 0 aliphatic carbocycles. The molecule has 0 aromatic carbocycles. The lowest BCUT2D eigenvalue weighted by molar-refractivity contribution is -0.385. The Morgan fingerprint density at radius 2 is 2.12 bits per heavy atom. The van der Waals surface area contributed by atoms with Crippen LogP contribution >= 0.6 is 0 Å². The maximum absolute atomic E-state index is 11.9. The van der Waals surface area contributed by atoms with Crippen LogP contribution in [0.25, 0.3) is 0 Å². The van der Waals surface area contributed by atoms with Gasteiger partial charge in [0.2, 0.25) is 0 Å². The number of hydrogen-bond acceptors (Lipinski definition) is 4. The smallest absolute Gasteiger partial charge is 0.303 e. The van der Waals surface area contributed by atoms with E-state index in [-0.39, 0.29) is 17.1 Å². The molecule has 6 nitrogen and oxygen atoms in total. The minimum Gasteiger partial charge on any atom is -0.303 e. The Balaban J connectivity index is 2.95. The van der Waals surface area contributed by atoms with E-state index >= 15 is 0 Å². The van der Waals surface area contributed by atoms with E-state index in [2.05, 4.69) is 4.98 Å². The Kier molecular flexibility index (Phi) is 3.30. The summed E-state index contributed by atoms with van der Waals surface area (Å²) in [5.41, 5.74) is -0.302. The van der Waals surface area contributed by atoms with Crippen LogP contribution in [0.2, 0.25) is 0 Å². The number of anilines is 1. The average Bonchev–Trinajstić information content (AvgIpc) is 2.19. The van der Waals surface area contributed by atoms with Crippen LogP contribution in [-0.4, -0.2) is 22.0 Å². The van der Waals surface area contributed by atoms with Crippen LogP contribution in [0.15, 0.2) is 12.3 Å². The van der Waals surface area contributed by atoms with E-state index in [0.29, 0.717) is 0 Å². The number of carbonyl (C=O) groups excluding carboxylic acids is 1. The van der Waals surface area contributed by atoms with E-state index in [1.54, 1.807) is 0 Å². The number of carbonyl (C=O) groups is 1. The van der Waals surface area contributed by atoms with Crippen molar-refractivity contribution in [1.29, 1.82) is 0 Å². The topological polar surface area (TPSA) is 85.1 Å². The van der Waals surface area contributed by atoms with Crippen LogP contribution in [0, 0.1) is 17.0 Å². The highest BCUT2D eigenvalue weighted by Gasteiger charge is 2.39. The number of nitrogens with zero attached hydrogens (tertiary/aromatic N) is 2. The predicted octanol–water partition coefficient (Wildman–Crippen LogP) is 1.80. The molecule has 9 heteroatoms. The largest absolute Gasteiger partial charge is 0.471 e. The second-order valence-corrected chi connectivity index (χ2v) is 3.07. The van der Waals surface area contributed by atoms with E-state index in [1.807, 2.05) is 0 Å². The standard InChI is InChI=1S/C8H6F3N3O3/c1-4-2-5(14(16)17)3-12-6(4)13-7(15)8(9,10)11/h2-3H,1H3,(H,12,13,15). The molecule has 17 heavy (non-hydrogen) atoms. The minimum atomic E-state index is -5.03. The molecule has 1 aromatic rings. The summed E-state index contributed by atoms with van der Waals surface area (Å²) in [6.45, 7) is 1.30. The summed E-state index contributed by atoms with van der Waals surface area (Å²) < 4.78 is 35.8. The molecular weight excluding hydrogens is 243 g/mol. The summed E-state index contributed by atoms with van der Waals surface area (Å²) in [5, 5.41) is 11.9. The Morgan fingerprint density at radius 1 is 1.53 bits per heavy atom. The summed E-state index contributed by atoms with van der Waals surface area (Å²) in [6, 6.07) is 1.01. The molecule has 1 aromatic heterocycles. The highest BCUT2D eigenvalue weighted by Crippen LogP contribution is 2.21. The van der Waals surface area contributed by atoms with Crippen LogP contribution in [0.4, 0.5) is 24.7 Å². The molecule has 0 bridgehead atoms. The van der Waals surface area contributed by atoms with Crippen LogP contribution in [0.3, 0.4) is 0 Å². The van der Waals surface area contributed by atoms with E-state index < -0.39 is 17.0 Å². The number of nitro groups is 1. The van der Waals surface area contributed by atoms with Crippen molar-refractivity contribution in [3.63, 3.8) is 0 Å². The van der Waals surface area contributed by atoms with Crippen molar-refractivity contribution in [1.82, 2.24) is 4.98 Å². The summed E-state index contributed by atoms with van der Waals surface area (Å²) in [5.74, 6) is -2.54. The van der Waals surface area contributed by atoms with Crippen LogP contribution < -0.4 is 5.32 Å². The lowest BCUT2D eigenvalue weighted by Gasteiger charge is -2.08. The fraction of sp³-hybridized carbons (Fsp3) is 0.250. The lowest BCUT2D eigenvalue weighted by atomic mass is 10.2. The van der Waals surface area contributed by atoms with Gasteiger partial charge in [-0.2, -0.15) is 13.2 Å². The molecule has 92 valence electrons. The van der Waals surface area contributed by atoms with E-state index in [4.69, 9.17) is 0 Å². The molecule has 0 saturated heterocycles. The minimum absolute atomic E-state index is 0.0665. The fourth-order valence-electron chi connectivity index (χ4n) is 0.969. The van der Waals surface area contributed by atoms with Gasteiger partial charge in [0, 0.05) is 6.07 Å². The van der Waals surface area contributed by atoms with Gasteiger partial charge in [-0.1, -0.05) is 0 Å². The third-order valence-electron chi connectivity index (χ3n) is 1.76. The number of amides is 1. The van der Waals surface area contributed by atoms with Gasteiger partial charge in [-0.05, 0) is 12.5 Å². The number of hydrogen-bond donors (Lipinski definition) is 1. The van der Waals surface area contributed by atoms with Gasteiger partial charge in [0.25, 0.3) is 5.69 Å². The van der Waals surface area contributed by atoms with Gasteiger partial charge in [-0.3, -0.25) is 14.9 Å². The highest BCUT2D eigenvalue weighted by molar-refractivity contribution is 5.94. The van der Waals surface area contributed by atoms with Crippen molar-refractivity contribution in [2.75, 3.05) is 5.32 Å². The molecule has 0 aliphatic heterocycles. The van der Waals surface area contributed by atoms with Crippen molar-refractivity contribution in [3.05, 3.63) is 27.9 Å². The number of nitrogens with one attached hydrogen (secondary N) is 1. The van der Waals surface area contributed by atoms with Crippen molar-refractivity contribution in [3.8, 4) is 0 Å². The number of aromatic nitrogens is 1. The summed E-state index contributed by atoms with van der Waals surface area (Å²) in [6.07, 6.45) is -4.27. The normalized spacial score (nSPS) is 11.1. The maximum atomic E-state index is 11.9. The maximum Gasteiger partial charge on any atom is 0.471 e. The van der Waals surface area contributed by atoms with Gasteiger partial charge in [0.15, 0.2) is 0 Å². The average molecular weight is 249 g/mol. The van der Waals surface area contributed by atoms with E-state index in [0.717, 1.165) is 12.3 Å². The molecule has 0 atom stereocenters. The third-order valence-corrected chi connectivity index (χ3v) is 1.76. The zero-order chi connectivity index (χ0) is 13.2. The van der Waals surface area contributed by atoms with Crippen LogP contribution in [0.5, 0.6) is 0 Å². The number of alkyl halides is 3. The number of pyridine rings is 1. The Labute approximate surface area is 92.6 Å². The molecule has 1 heterocycles. The zero-order valence-corrected chi connectivity index (χ0v) is 8.41. The van der Waals surface area contributed by atoms with Gasteiger partial charge in [0.1, 0.15) is 12.0 Å². The predicted molar refractivity (Wildman–Crippen MR) is 50.3 cm³/mol. The van der Waals surface area contributed by atoms with E-state index in [1.165, 1.54) is 12.2 Å². The van der Waals surface area contributed by atoms with Gasteiger partial charge >= 0.3 is 12.1 Å². The molecule has 0 radical (unpaired) electrons. The van der Waals surface area contributed by atoms with Crippen LogP contribution in [0.1, 0.15) is 5.56 Å². The monoisotopic (exact) mass is 249 g/mol. The first-order valence-electron chi connectivity index (χ1n) is 4.21. The van der Waals surface area contributed by atoms with Crippen molar-refractivity contribution < 1.29 is 22.9 Å². The number of halogens is 3. The molecule has 1 rings (SSSR count). The quantitative estimate of drug-likeness (QED) is 0.639. The first kappa shape index (κ1) is 12.9. The van der Waals surface area contributed by atoms with Gasteiger partial charge in [0.05, 0.1) is 4.92 Å². The number of aryl methyl sites for hydroxylation is 1. The molecule has 0 fully saturated rings. The molecule has 1 amide bonds. The lowest BCUT2D eigenvalue weighted by Crippen LogP contribution is -2.30. The van der Waals surface area contributed by atoms with Gasteiger partial charge in [-0.25, -0.2) is 4.98 Å². The molecule has 1 N–H and O–H groups in total. The van der Waals surface area contributed by atoms with Crippen molar-refractivity contribution in [2.24, 2.45) is 0 Å². The Bertz CT molecular complexity index is 473. The van der Waals surface area contributed by atoms with Crippen molar-refractivity contribution in [2.45, 2.75) is 13.1 Å². The Morgan fingerprint density at radius 3 is 2.53 bits per heavy atom. The summed E-state index contributed by atoms with van der Waals surface area (Å²) in [4.78, 5) is 23.6. The first-order valence-corrected chi connectivity index (χ1v) is 4.21. The SMILES string of the molecule is Cc1cc([N+](=O)[O-])cnc1NC(=O)C(F)(F)F. The molecule has 0 aliphatic rings. The second kappa shape index (κ2) is 4.36. The molecule has 0 unspecified atom stereocenters. The molecular formula is C8H6F3N3O3. The second-order valence-electron chi connectivity index (χ2n) is 3.07. The van der Waals surface area contributed by atoms with Crippen molar-refractivity contribution >= 4 is 17.4 Å². The van der Waals surface area contributed by atoms with Crippen LogP contribution in [-0.2, 0) is 4.79 Å². The highest BCUT2D eigenvalue weighted by atomic mass is 19.4. The molecule has 0 spiro atoms. The van der Waals surface area contributed by atoms with Gasteiger partial charge in [-0.15, -0.1) is 0 Å². The third kappa shape index (κ3) is 3.13. The van der Waals surface area contributed by atoms with E-state index in [9.17, 15) is 28.1 Å². The number of rotatable bonds is 2. The van der Waals surface area contributed by atoms with Gasteiger partial charge < -0.3 is 5.32 Å². The zero-order valence-electron chi connectivity index (χ0n) is 8.41. The summed E-state index contributed by atoms with van der Waals surface area (Å²) in [7, 11) is 0. The fourth-order valence-corrected chi connectivity index (χ4v) is 0.969. The Hall–Kier alpha value is -2.19.